The molecule has 4 rings (SSSR count). The van der Waals surface area contributed by atoms with Crippen LogP contribution in [0.3, 0.4) is 0 Å². The highest BCUT2D eigenvalue weighted by molar-refractivity contribution is 7.91. The number of hydrogen-bond acceptors (Lipinski definition) is 5. The molecule has 7 heteroatoms. The molecule has 2 aromatic rings. The van der Waals surface area contributed by atoms with Crippen LogP contribution in [-0.4, -0.2) is 43.2 Å². The van der Waals surface area contributed by atoms with Gasteiger partial charge in [0.15, 0.2) is 15.5 Å². The molecule has 2 heterocycles. The summed E-state index contributed by atoms with van der Waals surface area (Å²) in [4.78, 5) is 14.3. The number of carbonyl (C=O) groups excluding carboxylic acids is 1. The smallest absolute Gasteiger partial charge is 0.276 e. The van der Waals surface area contributed by atoms with E-state index in [1.807, 2.05) is 30.3 Å². The van der Waals surface area contributed by atoms with E-state index < -0.39 is 15.1 Å². The fraction of sp³-hybridized carbons (Fsp3) is 0.444. The molecule has 25 heavy (non-hydrogen) atoms. The summed E-state index contributed by atoms with van der Waals surface area (Å²) in [7, 11) is -3.30. The number of sulfone groups is 1. The van der Waals surface area contributed by atoms with Gasteiger partial charge in [0.25, 0.3) is 5.91 Å². The highest BCUT2D eigenvalue weighted by Crippen LogP contribution is 2.40. The third-order valence-corrected chi connectivity index (χ3v) is 7.05. The lowest BCUT2D eigenvalue weighted by Crippen LogP contribution is -2.33. The Morgan fingerprint density at radius 2 is 1.88 bits per heavy atom. The predicted molar refractivity (Wildman–Crippen MR) is 92.0 cm³/mol. The van der Waals surface area contributed by atoms with Crippen molar-refractivity contribution in [3.8, 4) is 0 Å². The summed E-state index contributed by atoms with van der Waals surface area (Å²) in [6, 6.07) is 10.9. The molecule has 6 nitrogen and oxygen atoms in total. The number of hydrogen-bond donors (Lipinski definition) is 0. The summed E-state index contributed by atoms with van der Waals surface area (Å²) in [5.74, 6) is 0.861. The molecular formula is C18H20N2O4S. The van der Waals surface area contributed by atoms with E-state index in [4.69, 9.17) is 4.52 Å². The molecule has 1 saturated carbocycles. The summed E-state index contributed by atoms with van der Waals surface area (Å²) < 4.78 is 30.5. The van der Waals surface area contributed by atoms with Crippen LogP contribution in [0.2, 0.25) is 0 Å². The number of nitrogens with zero attached hydrogens (tertiary/aromatic N) is 2. The van der Waals surface area contributed by atoms with Crippen LogP contribution in [-0.2, 0) is 9.84 Å². The van der Waals surface area contributed by atoms with Gasteiger partial charge in [-0.1, -0.05) is 35.5 Å². The van der Waals surface area contributed by atoms with E-state index in [1.54, 1.807) is 11.0 Å². The second-order valence-corrected chi connectivity index (χ2v) is 9.04. The zero-order valence-corrected chi connectivity index (χ0v) is 14.6. The highest BCUT2D eigenvalue weighted by Gasteiger charge is 2.34. The van der Waals surface area contributed by atoms with Crippen LogP contribution < -0.4 is 0 Å². The van der Waals surface area contributed by atoms with Crippen LogP contribution >= 0.6 is 0 Å². The van der Waals surface area contributed by atoms with Crippen molar-refractivity contribution in [2.45, 2.75) is 30.4 Å². The van der Waals surface area contributed by atoms with Crippen molar-refractivity contribution >= 4 is 15.7 Å². The number of carbonyl (C=O) groups is 1. The molecule has 1 aromatic carbocycles. The first-order valence-electron chi connectivity index (χ1n) is 8.57. The lowest BCUT2D eigenvalue weighted by Gasteiger charge is -2.18. The van der Waals surface area contributed by atoms with Gasteiger partial charge in [-0.2, -0.15) is 0 Å². The number of aromatic nitrogens is 1. The number of amides is 1. The fourth-order valence-corrected chi connectivity index (χ4v) is 5.10. The third-order valence-electron chi connectivity index (χ3n) is 4.93. The van der Waals surface area contributed by atoms with Gasteiger partial charge in [0.05, 0.1) is 11.0 Å². The van der Waals surface area contributed by atoms with E-state index in [0.717, 1.165) is 24.2 Å². The Morgan fingerprint density at radius 3 is 2.60 bits per heavy atom. The lowest BCUT2D eigenvalue weighted by atomic mass is 10.1. The van der Waals surface area contributed by atoms with Crippen LogP contribution in [0.4, 0.5) is 0 Å². The van der Waals surface area contributed by atoms with Crippen molar-refractivity contribution in [1.29, 1.82) is 0 Å². The van der Waals surface area contributed by atoms with Gasteiger partial charge in [-0.05, 0) is 24.8 Å². The van der Waals surface area contributed by atoms with Crippen LogP contribution in [0.15, 0.2) is 40.9 Å². The van der Waals surface area contributed by atoms with Crippen LogP contribution in [0.25, 0.3) is 0 Å². The van der Waals surface area contributed by atoms with Crippen molar-refractivity contribution < 1.29 is 17.7 Å². The molecule has 132 valence electrons. The maximum Gasteiger partial charge on any atom is 0.276 e. The number of benzene rings is 1. The van der Waals surface area contributed by atoms with Gasteiger partial charge in [-0.25, -0.2) is 8.42 Å². The van der Waals surface area contributed by atoms with Crippen LogP contribution in [0.5, 0.6) is 0 Å². The van der Waals surface area contributed by atoms with Gasteiger partial charge in [0.1, 0.15) is 5.76 Å². The van der Waals surface area contributed by atoms with Crippen LogP contribution in [0, 0.1) is 0 Å². The molecule has 2 fully saturated rings. The molecule has 0 bridgehead atoms. The summed E-state index contributed by atoms with van der Waals surface area (Å²) in [6.07, 6.45) is 2.54. The maximum absolute atomic E-state index is 12.7. The van der Waals surface area contributed by atoms with Gasteiger partial charge in [0.2, 0.25) is 0 Å². The third kappa shape index (κ3) is 3.33. The molecule has 1 unspecified atom stereocenters. The minimum Gasteiger partial charge on any atom is -0.360 e. The molecule has 1 saturated heterocycles. The first-order chi connectivity index (χ1) is 12.0. The van der Waals surface area contributed by atoms with Crippen molar-refractivity contribution in [3.05, 3.63) is 53.4 Å². The number of rotatable bonds is 3. The van der Waals surface area contributed by atoms with Gasteiger partial charge in [-0.3, -0.25) is 4.79 Å². The lowest BCUT2D eigenvalue weighted by molar-refractivity contribution is 0.0756. The Labute approximate surface area is 146 Å². The Morgan fingerprint density at radius 1 is 1.12 bits per heavy atom. The highest BCUT2D eigenvalue weighted by atomic mass is 32.2. The van der Waals surface area contributed by atoms with Gasteiger partial charge < -0.3 is 9.42 Å². The summed E-state index contributed by atoms with van der Waals surface area (Å²) in [5, 5.41) is 3.32. The van der Waals surface area contributed by atoms with Crippen molar-refractivity contribution in [2.24, 2.45) is 0 Å². The van der Waals surface area contributed by atoms with Crippen molar-refractivity contribution in [3.63, 3.8) is 0 Å². The zero-order chi connectivity index (χ0) is 17.4. The first-order valence-corrected chi connectivity index (χ1v) is 10.3. The Hall–Kier alpha value is -2.15. The normalized spacial score (nSPS) is 23.2. The topological polar surface area (TPSA) is 80.5 Å². The second-order valence-electron chi connectivity index (χ2n) is 6.74. The van der Waals surface area contributed by atoms with Gasteiger partial charge in [-0.15, -0.1) is 0 Å². The molecule has 1 amide bonds. The molecule has 1 aliphatic carbocycles. The largest absolute Gasteiger partial charge is 0.360 e. The van der Waals surface area contributed by atoms with Crippen molar-refractivity contribution in [2.75, 3.05) is 18.8 Å². The maximum atomic E-state index is 12.7. The minimum absolute atomic E-state index is 0.0361. The van der Waals surface area contributed by atoms with E-state index >= 15 is 0 Å². The molecule has 2 aliphatic rings. The molecule has 1 aliphatic heterocycles. The monoisotopic (exact) mass is 360 g/mol. The van der Waals surface area contributed by atoms with E-state index in [9.17, 15) is 13.2 Å². The summed E-state index contributed by atoms with van der Waals surface area (Å²) in [5.41, 5.74) is 1.06. The quantitative estimate of drug-likeness (QED) is 0.840. The Kier molecular flexibility index (Phi) is 4.11. The zero-order valence-electron chi connectivity index (χ0n) is 13.8. The molecule has 0 radical (unpaired) electrons. The average Bonchev–Trinajstić information content (AvgIpc) is 3.37. The Bertz CT molecular complexity index is 871. The molecule has 1 atom stereocenters. The fourth-order valence-electron chi connectivity index (χ4n) is 3.30. The molecular weight excluding hydrogens is 340 g/mol. The Balaban J connectivity index is 1.52. The average molecular weight is 360 g/mol. The minimum atomic E-state index is -3.30. The van der Waals surface area contributed by atoms with Crippen molar-refractivity contribution in [1.82, 2.24) is 10.1 Å². The van der Waals surface area contributed by atoms with E-state index in [2.05, 4.69) is 5.16 Å². The standard InChI is InChI=1S/C18H20N2O4S/c21-18(15-12-16(24-19-15)13-6-7-13)20-9-8-17(25(22,23)11-10-20)14-4-2-1-3-5-14/h1-5,12-13,17H,6-11H2. The first kappa shape index (κ1) is 16.3. The SMILES string of the molecule is O=C(c1cc(C2CC2)on1)N1CCC(c2ccccc2)S(=O)(=O)CC1. The van der Waals surface area contributed by atoms with Gasteiger partial charge >= 0.3 is 0 Å². The van der Waals surface area contributed by atoms with E-state index in [-0.39, 0.29) is 23.9 Å². The predicted octanol–water partition coefficient (Wildman–Crippen LogP) is 2.55. The van der Waals surface area contributed by atoms with E-state index in [0.29, 0.717) is 18.9 Å². The second kappa shape index (κ2) is 6.29. The molecule has 0 N–H and O–H groups in total. The molecule has 0 spiro atoms. The van der Waals surface area contributed by atoms with Crippen LogP contribution in [0.1, 0.15) is 52.2 Å². The van der Waals surface area contributed by atoms with Gasteiger partial charge in [0, 0.05) is 25.1 Å². The molecule has 1 aromatic heterocycles. The summed E-state index contributed by atoms with van der Waals surface area (Å²) in [6.45, 7) is 0.583. The summed E-state index contributed by atoms with van der Waals surface area (Å²) >= 11 is 0. The van der Waals surface area contributed by atoms with E-state index in [1.165, 1.54) is 0 Å².